The van der Waals surface area contributed by atoms with Crippen LogP contribution in [0.4, 0.5) is 0 Å². The van der Waals surface area contributed by atoms with Crippen molar-refractivity contribution in [3.63, 3.8) is 0 Å². The molecule has 0 amide bonds. The van der Waals surface area contributed by atoms with E-state index in [0.29, 0.717) is 12.5 Å². The first kappa shape index (κ1) is 9.53. The maximum atomic E-state index is 6.06. The third kappa shape index (κ3) is 1.75. The molecule has 2 N–H and O–H groups in total. The highest BCUT2D eigenvalue weighted by atomic mass is 16.5. The van der Waals surface area contributed by atoms with Crippen LogP contribution in [0.5, 0.6) is 5.75 Å². The van der Waals surface area contributed by atoms with Gasteiger partial charge < -0.3 is 10.5 Å². The van der Waals surface area contributed by atoms with Gasteiger partial charge in [-0.05, 0) is 30.9 Å². The highest BCUT2D eigenvalue weighted by molar-refractivity contribution is 5.32. The molecule has 1 fully saturated rings. The Hall–Kier alpha value is -1.02. The van der Waals surface area contributed by atoms with Gasteiger partial charge in [-0.3, -0.25) is 0 Å². The number of ether oxygens (including phenoxy) is 1. The molecule has 2 unspecified atom stereocenters. The van der Waals surface area contributed by atoms with Crippen molar-refractivity contribution in [1.29, 1.82) is 0 Å². The Labute approximate surface area is 85.1 Å². The zero-order chi connectivity index (χ0) is 10.2. The van der Waals surface area contributed by atoms with Crippen LogP contribution in [0, 0.1) is 12.8 Å². The van der Waals surface area contributed by atoms with Crippen molar-refractivity contribution in [3.8, 4) is 5.75 Å². The van der Waals surface area contributed by atoms with Gasteiger partial charge in [-0.15, -0.1) is 0 Å². The van der Waals surface area contributed by atoms with Crippen LogP contribution in [0.3, 0.4) is 0 Å². The van der Waals surface area contributed by atoms with Crippen LogP contribution in [0.2, 0.25) is 0 Å². The SMILES string of the molecule is Cc1ccccc1OCC1(N)CC1C. The molecule has 0 heterocycles. The average molecular weight is 191 g/mol. The molecule has 14 heavy (non-hydrogen) atoms. The highest BCUT2D eigenvalue weighted by Crippen LogP contribution is 2.40. The second-order valence-corrected chi connectivity index (χ2v) is 4.39. The molecule has 2 heteroatoms. The van der Waals surface area contributed by atoms with Gasteiger partial charge in [0.05, 0.1) is 5.54 Å². The summed E-state index contributed by atoms with van der Waals surface area (Å²) < 4.78 is 5.71. The minimum absolute atomic E-state index is 0.0672. The van der Waals surface area contributed by atoms with E-state index < -0.39 is 0 Å². The van der Waals surface area contributed by atoms with E-state index in [4.69, 9.17) is 10.5 Å². The maximum absolute atomic E-state index is 6.06. The van der Waals surface area contributed by atoms with Crippen LogP contribution in [0.15, 0.2) is 24.3 Å². The number of hydrogen-bond acceptors (Lipinski definition) is 2. The summed E-state index contributed by atoms with van der Waals surface area (Å²) in [5.41, 5.74) is 7.17. The van der Waals surface area contributed by atoms with Crippen LogP contribution in [0.1, 0.15) is 18.9 Å². The summed E-state index contributed by atoms with van der Waals surface area (Å²) in [5, 5.41) is 0. The summed E-state index contributed by atoms with van der Waals surface area (Å²) in [7, 11) is 0. The van der Waals surface area contributed by atoms with Gasteiger partial charge in [0.1, 0.15) is 12.4 Å². The number of rotatable bonds is 3. The number of nitrogens with two attached hydrogens (primary N) is 1. The predicted molar refractivity (Wildman–Crippen MR) is 57.4 cm³/mol. The smallest absolute Gasteiger partial charge is 0.122 e. The van der Waals surface area contributed by atoms with Crippen LogP contribution < -0.4 is 10.5 Å². The largest absolute Gasteiger partial charge is 0.491 e. The van der Waals surface area contributed by atoms with Crippen LogP contribution in [-0.2, 0) is 0 Å². The van der Waals surface area contributed by atoms with Crippen molar-refractivity contribution in [3.05, 3.63) is 29.8 Å². The molecule has 1 saturated carbocycles. The topological polar surface area (TPSA) is 35.2 Å². The zero-order valence-corrected chi connectivity index (χ0v) is 8.79. The van der Waals surface area contributed by atoms with Gasteiger partial charge in [0.15, 0.2) is 0 Å². The minimum atomic E-state index is -0.0672. The van der Waals surface area contributed by atoms with Crippen molar-refractivity contribution in [2.45, 2.75) is 25.8 Å². The lowest BCUT2D eigenvalue weighted by Crippen LogP contribution is -2.32. The first-order chi connectivity index (χ1) is 6.62. The molecule has 1 aliphatic rings. The van der Waals surface area contributed by atoms with Gasteiger partial charge in [0, 0.05) is 0 Å². The second kappa shape index (κ2) is 3.28. The van der Waals surface area contributed by atoms with Crippen molar-refractivity contribution in [2.24, 2.45) is 11.7 Å². The van der Waals surface area contributed by atoms with E-state index in [-0.39, 0.29) is 5.54 Å². The van der Waals surface area contributed by atoms with Gasteiger partial charge in [0.2, 0.25) is 0 Å². The molecule has 1 aliphatic carbocycles. The predicted octanol–water partition coefficient (Wildman–Crippen LogP) is 2.11. The van der Waals surface area contributed by atoms with Crippen molar-refractivity contribution in [1.82, 2.24) is 0 Å². The van der Waals surface area contributed by atoms with Crippen LogP contribution in [0.25, 0.3) is 0 Å². The molecule has 0 radical (unpaired) electrons. The zero-order valence-electron chi connectivity index (χ0n) is 8.79. The fourth-order valence-corrected chi connectivity index (χ4v) is 1.64. The van der Waals surface area contributed by atoms with Gasteiger partial charge in [-0.2, -0.15) is 0 Å². The Balaban J connectivity index is 1.96. The molecule has 76 valence electrons. The third-order valence-electron chi connectivity index (χ3n) is 3.10. The Morgan fingerprint density at radius 2 is 2.14 bits per heavy atom. The number of hydrogen-bond donors (Lipinski definition) is 1. The number of para-hydroxylation sites is 1. The monoisotopic (exact) mass is 191 g/mol. The molecule has 0 spiro atoms. The standard InChI is InChI=1S/C12H17NO/c1-9-5-3-4-6-11(9)14-8-12(13)7-10(12)2/h3-6,10H,7-8,13H2,1-2H3. The van der Waals surface area contributed by atoms with E-state index in [9.17, 15) is 0 Å². The van der Waals surface area contributed by atoms with E-state index in [1.165, 1.54) is 5.56 Å². The summed E-state index contributed by atoms with van der Waals surface area (Å²) in [6.07, 6.45) is 1.08. The number of benzene rings is 1. The molecule has 0 aliphatic heterocycles. The molecule has 2 atom stereocenters. The Kier molecular flexibility index (Phi) is 2.23. The molecule has 1 aromatic carbocycles. The Bertz CT molecular complexity index is 337. The summed E-state index contributed by atoms with van der Waals surface area (Å²) >= 11 is 0. The van der Waals surface area contributed by atoms with Gasteiger partial charge in [-0.1, -0.05) is 25.1 Å². The summed E-state index contributed by atoms with van der Waals surface area (Å²) in [6.45, 7) is 4.86. The van der Waals surface area contributed by atoms with Crippen molar-refractivity contribution >= 4 is 0 Å². The molecule has 0 saturated heterocycles. The molecule has 1 aromatic rings. The van der Waals surface area contributed by atoms with Gasteiger partial charge >= 0.3 is 0 Å². The lowest BCUT2D eigenvalue weighted by molar-refractivity contribution is 0.270. The normalized spacial score (nSPS) is 30.1. The van der Waals surface area contributed by atoms with E-state index >= 15 is 0 Å². The number of aryl methyl sites for hydroxylation is 1. The van der Waals surface area contributed by atoms with E-state index in [0.717, 1.165) is 12.2 Å². The third-order valence-corrected chi connectivity index (χ3v) is 3.10. The minimum Gasteiger partial charge on any atom is -0.491 e. The van der Waals surface area contributed by atoms with Crippen LogP contribution in [-0.4, -0.2) is 12.1 Å². The Morgan fingerprint density at radius 3 is 2.71 bits per heavy atom. The molecular weight excluding hydrogens is 174 g/mol. The van der Waals surface area contributed by atoms with Crippen molar-refractivity contribution in [2.75, 3.05) is 6.61 Å². The van der Waals surface area contributed by atoms with E-state index in [2.05, 4.69) is 19.9 Å². The van der Waals surface area contributed by atoms with E-state index in [1.807, 2.05) is 18.2 Å². The molecular formula is C12H17NO. The summed E-state index contributed by atoms with van der Waals surface area (Å²) in [4.78, 5) is 0. The van der Waals surface area contributed by atoms with E-state index in [1.54, 1.807) is 0 Å². The van der Waals surface area contributed by atoms with Crippen molar-refractivity contribution < 1.29 is 4.74 Å². The summed E-state index contributed by atoms with van der Waals surface area (Å²) in [5.74, 6) is 1.56. The Morgan fingerprint density at radius 1 is 1.50 bits per heavy atom. The fourth-order valence-electron chi connectivity index (χ4n) is 1.64. The lowest BCUT2D eigenvalue weighted by atomic mass is 10.2. The molecule has 0 aromatic heterocycles. The molecule has 2 nitrogen and oxygen atoms in total. The highest BCUT2D eigenvalue weighted by Gasteiger charge is 2.48. The average Bonchev–Trinajstić information content (AvgIpc) is 2.74. The lowest BCUT2D eigenvalue weighted by Gasteiger charge is -2.13. The molecule has 0 bridgehead atoms. The second-order valence-electron chi connectivity index (χ2n) is 4.39. The quantitative estimate of drug-likeness (QED) is 0.794. The van der Waals surface area contributed by atoms with Gasteiger partial charge in [-0.25, -0.2) is 0 Å². The first-order valence-corrected chi connectivity index (χ1v) is 5.09. The van der Waals surface area contributed by atoms with Gasteiger partial charge in [0.25, 0.3) is 0 Å². The molecule has 2 rings (SSSR count). The summed E-state index contributed by atoms with van der Waals surface area (Å²) in [6, 6.07) is 8.04. The first-order valence-electron chi connectivity index (χ1n) is 5.09. The van der Waals surface area contributed by atoms with Crippen LogP contribution >= 0.6 is 0 Å². The fraction of sp³-hybridized carbons (Fsp3) is 0.500. The maximum Gasteiger partial charge on any atom is 0.122 e.